The first-order valence-electron chi connectivity index (χ1n) is 6.62. The molecule has 1 aromatic rings. The normalized spacial score (nSPS) is 19.3. The number of benzene rings is 1. The molecule has 1 aliphatic rings. The van der Waals surface area contributed by atoms with E-state index in [1.807, 2.05) is 0 Å². The third-order valence-electron chi connectivity index (χ3n) is 3.35. The van der Waals surface area contributed by atoms with Gasteiger partial charge in [0.1, 0.15) is 4.90 Å². The summed E-state index contributed by atoms with van der Waals surface area (Å²) < 4.78 is 38.5. The van der Waals surface area contributed by atoms with E-state index in [2.05, 4.69) is 26.0 Å². The number of piperidine rings is 1. The Labute approximate surface area is 133 Å². The Bertz CT molecular complexity index is 600. The van der Waals surface area contributed by atoms with Gasteiger partial charge in [0.2, 0.25) is 10.0 Å². The molecule has 0 amide bonds. The lowest BCUT2D eigenvalue weighted by atomic mass is 10.1. The second-order valence-electron chi connectivity index (χ2n) is 4.80. The zero-order chi connectivity index (χ0) is 15.5. The first kappa shape index (κ1) is 16.5. The minimum atomic E-state index is -3.62. The molecular weight excluding hydrogens is 360 g/mol. The number of sulfonamides is 1. The van der Waals surface area contributed by atoms with E-state index < -0.39 is 10.0 Å². The van der Waals surface area contributed by atoms with Crippen LogP contribution in [-0.2, 0) is 10.0 Å². The molecule has 2 N–H and O–H groups in total. The highest BCUT2D eigenvalue weighted by molar-refractivity contribution is 9.10. The predicted molar refractivity (Wildman–Crippen MR) is 83.5 cm³/mol. The van der Waals surface area contributed by atoms with Gasteiger partial charge in [0.15, 0.2) is 11.5 Å². The summed E-state index contributed by atoms with van der Waals surface area (Å²) in [5, 5.41) is 3.18. The molecule has 2 rings (SSSR count). The van der Waals surface area contributed by atoms with Crippen molar-refractivity contribution in [3.63, 3.8) is 0 Å². The molecule has 118 valence electrons. The van der Waals surface area contributed by atoms with Crippen molar-refractivity contribution in [3.8, 4) is 11.5 Å². The SMILES string of the molecule is COc1cc(Br)c(S(=O)(=O)NC2CCCNC2)cc1OC. The van der Waals surface area contributed by atoms with Crippen LogP contribution in [0.5, 0.6) is 11.5 Å². The number of ether oxygens (including phenoxy) is 2. The number of halogens is 1. The van der Waals surface area contributed by atoms with Crippen LogP contribution in [0.1, 0.15) is 12.8 Å². The molecule has 0 aliphatic carbocycles. The van der Waals surface area contributed by atoms with Crippen LogP contribution in [0.2, 0.25) is 0 Å². The maximum atomic E-state index is 12.5. The third kappa shape index (κ3) is 3.88. The lowest BCUT2D eigenvalue weighted by Crippen LogP contribution is -2.45. The Kier molecular flexibility index (Phi) is 5.48. The van der Waals surface area contributed by atoms with Gasteiger partial charge in [0.25, 0.3) is 0 Å². The number of methoxy groups -OCH3 is 2. The number of hydrogen-bond acceptors (Lipinski definition) is 5. The molecule has 0 spiro atoms. The van der Waals surface area contributed by atoms with E-state index in [9.17, 15) is 8.42 Å². The number of hydrogen-bond donors (Lipinski definition) is 2. The summed E-state index contributed by atoms with van der Waals surface area (Å²) in [6.45, 7) is 1.57. The predicted octanol–water partition coefficient (Wildman–Crippen LogP) is 1.50. The molecule has 1 heterocycles. The van der Waals surface area contributed by atoms with Crippen molar-refractivity contribution in [2.24, 2.45) is 0 Å². The fraction of sp³-hybridized carbons (Fsp3) is 0.538. The van der Waals surface area contributed by atoms with E-state index in [0.717, 1.165) is 19.4 Å². The van der Waals surface area contributed by atoms with Crippen molar-refractivity contribution in [1.82, 2.24) is 10.0 Å². The summed E-state index contributed by atoms with van der Waals surface area (Å²) in [6, 6.07) is 2.96. The van der Waals surface area contributed by atoms with Crippen molar-refractivity contribution in [3.05, 3.63) is 16.6 Å². The van der Waals surface area contributed by atoms with Crippen LogP contribution in [0.25, 0.3) is 0 Å². The molecule has 0 bridgehead atoms. The number of nitrogens with one attached hydrogen (secondary N) is 2. The second kappa shape index (κ2) is 6.95. The van der Waals surface area contributed by atoms with Crippen LogP contribution in [0.3, 0.4) is 0 Å². The van der Waals surface area contributed by atoms with E-state index >= 15 is 0 Å². The summed E-state index contributed by atoms with van der Waals surface area (Å²) >= 11 is 3.28. The molecule has 8 heteroatoms. The monoisotopic (exact) mass is 378 g/mol. The zero-order valence-electron chi connectivity index (χ0n) is 12.0. The average Bonchev–Trinajstić information content (AvgIpc) is 2.47. The maximum Gasteiger partial charge on any atom is 0.242 e. The summed E-state index contributed by atoms with van der Waals surface area (Å²) in [4.78, 5) is 0.144. The van der Waals surface area contributed by atoms with Gasteiger partial charge in [-0.1, -0.05) is 0 Å². The number of rotatable bonds is 5. The van der Waals surface area contributed by atoms with E-state index in [1.54, 1.807) is 6.07 Å². The van der Waals surface area contributed by atoms with Gasteiger partial charge in [-0.05, 0) is 41.4 Å². The van der Waals surface area contributed by atoms with Crippen molar-refractivity contribution in [2.75, 3.05) is 27.3 Å². The standard InChI is InChI=1S/C13H19BrN2O4S/c1-19-11-6-10(14)13(7-12(11)20-2)21(17,18)16-9-4-3-5-15-8-9/h6-7,9,15-16H,3-5,8H2,1-2H3. The molecule has 21 heavy (non-hydrogen) atoms. The van der Waals surface area contributed by atoms with Gasteiger partial charge >= 0.3 is 0 Å². The van der Waals surface area contributed by atoms with Crippen LogP contribution in [0, 0.1) is 0 Å². The smallest absolute Gasteiger partial charge is 0.242 e. The molecule has 6 nitrogen and oxygen atoms in total. The highest BCUT2D eigenvalue weighted by Gasteiger charge is 2.25. The van der Waals surface area contributed by atoms with Crippen LogP contribution >= 0.6 is 15.9 Å². The Hall–Kier alpha value is -0.830. The second-order valence-corrected chi connectivity index (χ2v) is 7.34. The van der Waals surface area contributed by atoms with Crippen LogP contribution in [0.4, 0.5) is 0 Å². The van der Waals surface area contributed by atoms with E-state index in [1.165, 1.54) is 20.3 Å². The zero-order valence-corrected chi connectivity index (χ0v) is 14.4. The van der Waals surface area contributed by atoms with E-state index in [4.69, 9.17) is 9.47 Å². The minimum absolute atomic E-state index is 0.0938. The fourth-order valence-corrected chi connectivity index (χ4v) is 4.58. The fourth-order valence-electron chi connectivity index (χ4n) is 2.28. The molecule has 1 aliphatic heterocycles. The molecule has 1 saturated heterocycles. The van der Waals surface area contributed by atoms with Gasteiger partial charge in [0.05, 0.1) is 14.2 Å². The quantitative estimate of drug-likeness (QED) is 0.811. The van der Waals surface area contributed by atoms with Gasteiger partial charge < -0.3 is 14.8 Å². The van der Waals surface area contributed by atoms with Gasteiger partial charge in [0, 0.05) is 23.1 Å². The summed E-state index contributed by atoms with van der Waals surface area (Å²) in [7, 11) is -0.643. The Morgan fingerprint density at radius 2 is 1.95 bits per heavy atom. The largest absolute Gasteiger partial charge is 0.493 e. The van der Waals surface area contributed by atoms with Gasteiger partial charge in [-0.15, -0.1) is 0 Å². The average molecular weight is 379 g/mol. The molecule has 0 saturated carbocycles. The third-order valence-corrected chi connectivity index (χ3v) is 5.83. The lowest BCUT2D eigenvalue weighted by Gasteiger charge is -2.24. The maximum absolute atomic E-state index is 12.5. The van der Waals surface area contributed by atoms with Crippen molar-refractivity contribution in [1.29, 1.82) is 0 Å². The highest BCUT2D eigenvalue weighted by Crippen LogP contribution is 2.35. The topological polar surface area (TPSA) is 76.7 Å². The first-order valence-corrected chi connectivity index (χ1v) is 8.90. The van der Waals surface area contributed by atoms with Crippen LogP contribution < -0.4 is 19.5 Å². The van der Waals surface area contributed by atoms with Crippen LogP contribution in [-0.4, -0.2) is 41.8 Å². The summed E-state index contributed by atoms with van der Waals surface area (Å²) in [6.07, 6.45) is 1.79. The highest BCUT2D eigenvalue weighted by atomic mass is 79.9. The van der Waals surface area contributed by atoms with Crippen molar-refractivity contribution in [2.45, 2.75) is 23.8 Å². The van der Waals surface area contributed by atoms with E-state index in [-0.39, 0.29) is 10.9 Å². The lowest BCUT2D eigenvalue weighted by molar-refractivity contribution is 0.353. The molecule has 0 radical (unpaired) electrons. The molecule has 1 fully saturated rings. The Morgan fingerprint density at radius 3 is 2.52 bits per heavy atom. The van der Waals surface area contributed by atoms with Crippen molar-refractivity contribution >= 4 is 26.0 Å². The van der Waals surface area contributed by atoms with Gasteiger partial charge in [-0.25, -0.2) is 13.1 Å². The Balaban J connectivity index is 2.30. The first-order chi connectivity index (χ1) is 9.97. The van der Waals surface area contributed by atoms with Gasteiger partial charge in [-0.2, -0.15) is 0 Å². The van der Waals surface area contributed by atoms with E-state index in [0.29, 0.717) is 22.5 Å². The van der Waals surface area contributed by atoms with Crippen molar-refractivity contribution < 1.29 is 17.9 Å². The molecule has 1 aromatic carbocycles. The molecule has 1 atom stereocenters. The summed E-state index contributed by atoms with van der Waals surface area (Å²) in [5.74, 6) is 0.852. The Morgan fingerprint density at radius 1 is 1.29 bits per heavy atom. The summed E-state index contributed by atoms with van der Waals surface area (Å²) in [5.41, 5.74) is 0. The minimum Gasteiger partial charge on any atom is -0.493 e. The molecule has 0 aromatic heterocycles. The molecular formula is C13H19BrN2O4S. The van der Waals surface area contributed by atoms with Gasteiger partial charge in [-0.3, -0.25) is 0 Å². The van der Waals surface area contributed by atoms with Crippen LogP contribution in [0.15, 0.2) is 21.5 Å². The molecule has 1 unspecified atom stereocenters.